The van der Waals surface area contributed by atoms with Gasteiger partial charge in [-0.05, 0) is 42.5 Å². The zero-order chi connectivity index (χ0) is 14.8. The highest BCUT2D eigenvalue weighted by Crippen LogP contribution is 2.32. The van der Waals surface area contributed by atoms with E-state index in [9.17, 15) is 4.79 Å². The van der Waals surface area contributed by atoms with Gasteiger partial charge in [0.1, 0.15) is 0 Å². The van der Waals surface area contributed by atoms with Gasteiger partial charge in [-0.2, -0.15) is 0 Å². The summed E-state index contributed by atoms with van der Waals surface area (Å²) in [7, 11) is 0. The Morgan fingerprint density at radius 2 is 2.43 bits per heavy atom. The topological polar surface area (TPSA) is 45.2 Å². The molecule has 0 unspecified atom stereocenters. The van der Waals surface area contributed by atoms with Gasteiger partial charge in [0, 0.05) is 23.7 Å². The quantitative estimate of drug-likeness (QED) is 0.882. The van der Waals surface area contributed by atoms with Crippen molar-refractivity contribution in [3.63, 3.8) is 0 Å². The summed E-state index contributed by atoms with van der Waals surface area (Å²) in [6.07, 6.45) is 2.61. The molecule has 0 aromatic carbocycles. The molecule has 4 nitrogen and oxygen atoms in total. The molecule has 1 atom stereocenters. The lowest BCUT2D eigenvalue weighted by molar-refractivity contribution is -0.117. The fraction of sp³-hybridized carbons (Fsp3) is 0.333. The third-order valence-electron chi connectivity index (χ3n) is 3.78. The minimum absolute atomic E-state index is 0.0598. The van der Waals surface area contributed by atoms with E-state index in [0.717, 1.165) is 13.0 Å². The van der Waals surface area contributed by atoms with E-state index in [2.05, 4.69) is 33.6 Å². The number of nitrogens with one attached hydrogen (secondary N) is 1. The summed E-state index contributed by atoms with van der Waals surface area (Å²) >= 11 is 7.76. The van der Waals surface area contributed by atoms with Gasteiger partial charge in [-0.15, -0.1) is 11.3 Å². The van der Waals surface area contributed by atoms with Gasteiger partial charge in [-0.3, -0.25) is 9.69 Å². The van der Waals surface area contributed by atoms with Crippen LogP contribution in [0.25, 0.3) is 0 Å². The highest BCUT2D eigenvalue weighted by Gasteiger charge is 2.26. The van der Waals surface area contributed by atoms with Gasteiger partial charge < -0.3 is 5.32 Å². The molecule has 21 heavy (non-hydrogen) atoms. The Hall–Kier alpha value is -1.43. The van der Waals surface area contributed by atoms with Gasteiger partial charge in [0.15, 0.2) is 5.15 Å². The number of carbonyl (C=O) groups is 1. The fourth-order valence-corrected chi connectivity index (χ4v) is 3.76. The predicted octanol–water partition coefficient (Wildman–Crippen LogP) is 3.35. The van der Waals surface area contributed by atoms with E-state index in [1.54, 1.807) is 29.7 Å². The molecule has 2 aromatic heterocycles. The van der Waals surface area contributed by atoms with Crippen LogP contribution in [-0.2, 0) is 11.2 Å². The number of halogens is 1. The Labute approximate surface area is 132 Å². The molecule has 0 radical (unpaired) electrons. The van der Waals surface area contributed by atoms with Crippen LogP contribution >= 0.6 is 22.9 Å². The number of thiophene rings is 1. The minimum atomic E-state index is -0.0598. The van der Waals surface area contributed by atoms with E-state index < -0.39 is 0 Å². The van der Waals surface area contributed by atoms with Crippen LogP contribution in [0.3, 0.4) is 0 Å². The van der Waals surface area contributed by atoms with Crippen LogP contribution in [0, 0.1) is 0 Å². The zero-order valence-corrected chi connectivity index (χ0v) is 13.2. The summed E-state index contributed by atoms with van der Waals surface area (Å²) in [6, 6.07) is 5.94. The lowest BCUT2D eigenvalue weighted by atomic mass is 10.0. The first-order valence-electron chi connectivity index (χ1n) is 6.86. The summed E-state index contributed by atoms with van der Waals surface area (Å²) in [5, 5.41) is 5.27. The van der Waals surface area contributed by atoms with Gasteiger partial charge in [0.2, 0.25) is 5.91 Å². The van der Waals surface area contributed by atoms with Crippen molar-refractivity contribution >= 4 is 34.5 Å². The SMILES string of the molecule is C[C@H]1c2ccsc2CCN1CC(=O)Nc1cccnc1Cl. The van der Waals surface area contributed by atoms with Crippen molar-refractivity contribution in [2.45, 2.75) is 19.4 Å². The maximum absolute atomic E-state index is 12.2. The second kappa shape index (κ2) is 6.13. The van der Waals surface area contributed by atoms with Crippen molar-refractivity contribution in [3.05, 3.63) is 45.4 Å². The molecule has 2 aromatic rings. The number of fused-ring (bicyclic) bond motifs is 1. The van der Waals surface area contributed by atoms with Gasteiger partial charge >= 0.3 is 0 Å². The fourth-order valence-electron chi connectivity index (χ4n) is 2.63. The van der Waals surface area contributed by atoms with Crippen molar-refractivity contribution in [1.29, 1.82) is 0 Å². The van der Waals surface area contributed by atoms with E-state index in [-0.39, 0.29) is 11.9 Å². The molecule has 0 spiro atoms. The van der Waals surface area contributed by atoms with Crippen LogP contribution in [-0.4, -0.2) is 28.9 Å². The molecule has 1 aliphatic rings. The summed E-state index contributed by atoms with van der Waals surface area (Å²) in [6.45, 7) is 3.42. The molecular formula is C15H16ClN3OS. The Balaban J connectivity index is 1.65. The number of hydrogen-bond acceptors (Lipinski definition) is 4. The molecule has 1 N–H and O–H groups in total. The zero-order valence-electron chi connectivity index (χ0n) is 11.7. The number of aromatic nitrogens is 1. The molecule has 3 rings (SSSR count). The summed E-state index contributed by atoms with van der Waals surface area (Å²) in [4.78, 5) is 19.8. The number of hydrogen-bond donors (Lipinski definition) is 1. The third kappa shape index (κ3) is 3.10. The molecule has 0 aliphatic carbocycles. The van der Waals surface area contributed by atoms with Gasteiger partial charge in [-0.25, -0.2) is 4.98 Å². The van der Waals surface area contributed by atoms with Crippen molar-refractivity contribution in [3.8, 4) is 0 Å². The first-order chi connectivity index (χ1) is 10.1. The van der Waals surface area contributed by atoms with E-state index in [1.807, 2.05) is 0 Å². The summed E-state index contributed by atoms with van der Waals surface area (Å²) < 4.78 is 0. The minimum Gasteiger partial charge on any atom is -0.322 e. The normalized spacial score (nSPS) is 18.3. The Morgan fingerprint density at radius 3 is 3.24 bits per heavy atom. The number of anilines is 1. The maximum Gasteiger partial charge on any atom is 0.238 e. The Morgan fingerprint density at radius 1 is 1.57 bits per heavy atom. The first-order valence-corrected chi connectivity index (χ1v) is 8.11. The van der Waals surface area contributed by atoms with Gasteiger partial charge in [0.25, 0.3) is 0 Å². The molecule has 0 saturated carbocycles. The maximum atomic E-state index is 12.2. The Bertz CT molecular complexity index is 658. The van der Waals surface area contributed by atoms with E-state index in [1.165, 1.54) is 10.4 Å². The van der Waals surface area contributed by atoms with Crippen LogP contribution in [0.4, 0.5) is 5.69 Å². The number of rotatable bonds is 3. The number of nitrogens with zero attached hydrogens (tertiary/aromatic N) is 2. The first kappa shape index (κ1) is 14.5. The van der Waals surface area contributed by atoms with Crippen LogP contribution in [0.2, 0.25) is 5.15 Å². The second-order valence-electron chi connectivity index (χ2n) is 5.09. The monoisotopic (exact) mass is 321 g/mol. The molecule has 3 heterocycles. The summed E-state index contributed by atoms with van der Waals surface area (Å²) in [5.41, 5.74) is 1.91. The number of carbonyl (C=O) groups excluding carboxylic acids is 1. The average Bonchev–Trinajstić information content (AvgIpc) is 2.94. The molecule has 0 fully saturated rings. The molecular weight excluding hydrogens is 306 g/mol. The number of pyridine rings is 1. The smallest absolute Gasteiger partial charge is 0.238 e. The van der Waals surface area contributed by atoms with E-state index in [4.69, 9.17) is 11.6 Å². The lowest BCUT2D eigenvalue weighted by Gasteiger charge is -2.32. The number of amides is 1. The van der Waals surface area contributed by atoms with Crippen molar-refractivity contribution < 1.29 is 4.79 Å². The molecule has 0 bridgehead atoms. The standard InChI is InChI=1S/C15H16ClN3OS/c1-10-11-5-8-21-13(11)4-7-19(10)9-14(20)18-12-3-2-6-17-15(12)16/h2-3,5-6,8,10H,4,7,9H2,1H3,(H,18,20)/t10-/m0/s1. The van der Waals surface area contributed by atoms with E-state index >= 15 is 0 Å². The van der Waals surface area contributed by atoms with E-state index in [0.29, 0.717) is 17.4 Å². The average molecular weight is 322 g/mol. The van der Waals surface area contributed by atoms with Crippen molar-refractivity contribution in [2.75, 3.05) is 18.4 Å². The largest absolute Gasteiger partial charge is 0.322 e. The van der Waals surface area contributed by atoms with Crippen molar-refractivity contribution in [2.24, 2.45) is 0 Å². The van der Waals surface area contributed by atoms with Crippen LogP contribution in [0.1, 0.15) is 23.4 Å². The van der Waals surface area contributed by atoms with Gasteiger partial charge in [-0.1, -0.05) is 11.6 Å². The van der Waals surface area contributed by atoms with Crippen LogP contribution < -0.4 is 5.32 Å². The predicted molar refractivity (Wildman–Crippen MR) is 85.9 cm³/mol. The van der Waals surface area contributed by atoms with Gasteiger partial charge in [0.05, 0.1) is 12.2 Å². The molecule has 1 aliphatic heterocycles. The molecule has 0 saturated heterocycles. The third-order valence-corrected chi connectivity index (χ3v) is 5.08. The summed E-state index contributed by atoms with van der Waals surface area (Å²) in [5.74, 6) is -0.0598. The van der Waals surface area contributed by atoms with Crippen molar-refractivity contribution in [1.82, 2.24) is 9.88 Å². The molecule has 110 valence electrons. The Kier molecular flexibility index (Phi) is 4.24. The molecule has 6 heteroatoms. The molecule has 1 amide bonds. The highest BCUT2D eigenvalue weighted by molar-refractivity contribution is 7.10. The highest BCUT2D eigenvalue weighted by atomic mass is 35.5. The second-order valence-corrected chi connectivity index (χ2v) is 6.44. The lowest BCUT2D eigenvalue weighted by Crippen LogP contribution is -2.39. The van der Waals surface area contributed by atoms with Crippen LogP contribution in [0.5, 0.6) is 0 Å². The van der Waals surface area contributed by atoms with Crippen LogP contribution in [0.15, 0.2) is 29.8 Å².